The molecule has 0 aliphatic heterocycles. The van der Waals surface area contributed by atoms with Crippen LogP contribution >= 0.6 is 11.5 Å². The molecule has 0 atom stereocenters. The van der Waals surface area contributed by atoms with Gasteiger partial charge in [-0.05, 0) is 30.7 Å². The number of rotatable bonds is 4. The van der Waals surface area contributed by atoms with Gasteiger partial charge in [-0.1, -0.05) is 24.3 Å². The molecule has 0 aliphatic rings. The third-order valence-electron chi connectivity index (χ3n) is 3.31. The first-order chi connectivity index (χ1) is 10.7. The van der Waals surface area contributed by atoms with Crippen LogP contribution in [-0.2, 0) is 0 Å². The Morgan fingerprint density at radius 2 is 2.00 bits per heavy atom. The lowest BCUT2D eigenvalue weighted by Crippen LogP contribution is -2.13. The second-order valence-electron chi connectivity index (χ2n) is 4.75. The number of anilines is 2. The topological polar surface area (TPSA) is 56.1 Å². The Morgan fingerprint density at radius 3 is 2.77 bits per heavy atom. The minimum absolute atomic E-state index is 0.149. The zero-order valence-electron chi connectivity index (χ0n) is 12.2. The van der Waals surface area contributed by atoms with Crippen LogP contribution in [-0.4, -0.2) is 16.1 Å². The molecule has 1 N–H and O–H groups in total. The molecule has 3 aromatic rings. The second-order valence-corrected chi connectivity index (χ2v) is 5.46. The molecule has 0 saturated heterocycles. The zero-order chi connectivity index (χ0) is 15.5. The summed E-state index contributed by atoms with van der Waals surface area (Å²) in [4.78, 5) is 12.0. The first kappa shape index (κ1) is 14.3. The molecule has 3 rings (SSSR count). The monoisotopic (exact) mass is 313 g/mol. The van der Waals surface area contributed by atoms with E-state index in [2.05, 4.69) is 9.69 Å². The fraction of sp³-hybridized carbons (Fsp3) is 0.125. The highest BCUT2D eigenvalue weighted by molar-refractivity contribution is 7.03. The van der Waals surface area contributed by atoms with Gasteiger partial charge in [-0.2, -0.15) is 4.37 Å². The van der Waals surface area contributed by atoms with Crippen molar-refractivity contribution in [2.24, 2.45) is 0 Å². The number of para-hydroxylation sites is 1. The van der Waals surface area contributed by atoms with Gasteiger partial charge in [0, 0.05) is 23.3 Å². The quantitative estimate of drug-likeness (QED) is 0.802. The molecule has 0 aliphatic carbocycles. The Bertz CT molecular complexity index is 854. The van der Waals surface area contributed by atoms with E-state index in [0.29, 0.717) is 17.4 Å². The normalized spacial score (nSPS) is 10.5. The van der Waals surface area contributed by atoms with E-state index >= 15 is 0 Å². The second kappa shape index (κ2) is 6.03. The molecular weight excluding hydrogens is 298 g/mol. The number of benzene rings is 2. The van der Waals surface area contributed by atoms with Gasteiger partial charge in [-0.25, -0.2) is 4.57 Å². The van der Waals surface area contributed by atoms with Gasteiger partial charge in [0.1, 0.15) is 5.75 Å². The number of aryl methyl sites for hydroxylation is 1. The van der Waals surface area contributed by atoms with Gasteiger partial charge >= 0.3 is 4.87 Å². The van der Waals surface area contributed by atoms with E-state index in [1.54, 1.807) is 17.7 Å². The number of hydrogen-bond donors (Lipinski definition) is 1. The van der Waals surface area contributed by atoms with Gasteiger partial charge in [0.05, 0.1) is 12.8 Å². The van der Waals surface area contributed by atoms with Crippen molar-refractivity contribution < 1.29 is 4.74 Å². The van der Waals surface area contributed by atoms with Crippen LogP contribution in [0.5, 0.6) is 5.75 Å². The highest BCUT2D eigenvalue weighted by Gasteiger charge is 2.12. The van der Waals surface area contributed by atoms with Crippen molar-refractivity contribution in [1.82, 2.24) is 8.94 Å². The lowest BCUT2D eigenvalue weighted by molar-refractivity contribution is 0.414. The Kier molecular flexibility index (Phi) is 3.93. The number of hydrogen-bond acceptors (Lipinski definition) is 5. The summed E-state index contributed by atoms with van der Waals surface area (Å²) in [6, 6.07) is 15.2. The van der Waals surface area contributed by atoms with E-state index in [-0.39, 0.29) is 4.87 Å². The van der Waals surface area contributed by atoms with E-state index in [1.807, 2.05) is 49.4 Å². The van der Waals surface area contributed by atoms with Crippen molar-refractivity contribution in [3.05, 3.63) is 63.8 Å². The van der Waals surface area contributed by atoms with Crippen LogP contribution in [0.3, 0.4) is 0 Å². The van der Waals surface area contributed by atoms with Gasteiger partial charge in [-0.3, -0.25) is 4.79 Å². The predicted octanol–water partition coefficient (Wildman–Crippen LogP) is 3.35. The maximum absolute atomic E-state index is 12.2. The van der Waals surface area contributed by atoms with Gasteiger partial charge in [0.15, 0.2) is 0 Å². The molecule has 0 fully saturated rings. The highest BCUT2D eigenvalue weighted by atomic mass is 32.1. The van der Waals surface area contributed by atoms with Crippen LogP contribution in [0.4, 0.5) is 11.6 Å². The molecule has 0 unspecified atom stereocenters. The summed E-state index contributed by atoms with van der Waals surface area (Å²) >= 11 is 0.919. The van der Waals surface area contributed by atoms with Crippen molar-refractivity contribution in [2.45, 2.75) is 6.92 Å². The summed E-state index contributed by atoms with van der Waals surface area (Å²) in [5.74, 6) is 1.19. The number of ether oxygens (including phenoxy) is 1. The van der Waals surface area contributed by atoms with Crippen LogP contribution in [0.2, 0.25) is 0 Å². The highest BCUT2D eigenvalue weighted by Crippen LogP contribution is 2.22. The molecule has 1 aromatic heterocycles. The summed E-state index contributed by atoms with van der Waals surface area (Å²) in [5, 5.41) is 3.22. The van der Waals surface area contributed by atoms with E-state index in [1.165, 1.54) is 0 Å². The minimum Gasteiger partial charge on any atom is -0.497 e. The molecule has 6 heteroatoms. The summed E-state index contributed by atoms with van der Waals surface area (Å²) in [5.41, 5.74) is 2.72. The third kappa shape index (κ3) is 2.73. The molecule has 112 valence electrons. The van der Waals surface area contributed by atoms with E-state index in [0.717, 1.165) is 22.8 Å². The molecule has 0 bridgehead atoms. The molecular formula is C16H15N3O2S. The maximum atomic E-state index is 12.2. The number of aromatic nitrogens is 2. The van der Waals surface area contributed by atoms with E-state index in [4.69, 9.17) is 4.74 Å². The Morgan fingerprint density at radius 1 is 1.18 bits per heavy atom. The zero-order valence-corrected chi connectivity index (χ0v) is 13.1. The summed E-state index contributed by atoms with van der Waals surface area (Å²) in [6.07, 6.45) is 0. The molecule has 0 radical (unpaired) electrons. The molecule has 22 heavy (non-hydrogen) atoms. The predicted molar refractivity (Wildman–Crippen MR) is 88.7 cm³/mol. The van der Waals surface area contributed by atoms with Crippen molar-refractivity contribution in [3.63, 3.8) is 0 Å². The fourth-order valence-electron chi connectivity index (χ4n) is 2.14. The van der Waals surface area contributed by atoms with Crippen molar-refractivity contribution in [1.29, 1.82) is 0 Å². The first-order valence-corrected chi connectivity index (χ1v) is 7.52. The average Bonchev–Trinajstić information content (AvgIpc) is 2.90. The number of nitrogens with zero attached hydrogens (tertiary/aromatic N) is 2. The van der Waals surface area contributed by atoms with Gasteiger partial charge in [-0.15, -0.1) is 0 Å². The van der Waals surface area contributed by atoms with E-state index < -0.39 is 0 Å². The Labute approximate surface area is 132 Å². The maximum Gasteiger partial charge on any atom is 0.332 e. The molecule has 0 amide bonds. The lowest BCUT2D eigenvalue weighted by atomic mass is 10.2. The van der Waals surface area contributed by atoms with Crippen LogP contribution in [0.15, 0.2) is 53.3 Å². The molecule has 0 spiro atoms. The molecule has 5 nitrogen and oxygen atoms in total. The van der Waals surface area contributed by atoms with Gasteiger partial charge < -0.3 is 10.1 Å². The van der Waals surface area contributed by atoms with Gasteiger partial charge in [0.2, 0.25) is 5.95 Å². The van der Waals surface area contributed by atoms with Crippen LogP contribution in [0, 0.1) is 6.92 Å². The van der Waals surface area contributed by atoms with Crippen LogP contribution < -0.4 is 14.9 Å². The largest absolute Gasteiger partial charge is 0.497 e. The minimum atomic E-state index is -0.149. The lowest BCUT2D eigenvalue weighted by Gasteiger charge is -2.11. The number of nitrogens with one attached hydrogen (secondary N) is 1. The Hall–Kier alpha value is -2.60. The van der Waals surface area contributed by atoms with Crippen LogP contribution in [0.25, 0.3) is 5.69 Å². The molecule has 1 heterocycles. The first-order valence-electron chi connectivity index (χ1n) is 6.75. The summed E-state index contributed by atoms with van der Waals surface area (Å²) in [6.45, 7) is 2.00. The van der Waals surface area contributed by atoms with Crippen molar-refractivity contribution >= 4 is 23.2 Å². The summed E-state index contributed by atoms with van der Waals surface area (Å²) < 4.78 is 11.0. The van der Waals surface area contributed by atoms with Gasteiger partial charge in [0.25, 0.3) is 0 Å². The summed E-state index contributed by atoms with van der Waals surface area (Å²) in [7, 11) is 1.60. The average molecular weight is 313 g/mol. The fourth-order valence-corrected chi connectivity index (χ4v) is 2.71. The standard InChI is InChI=1S/C16H15N3O2S/c1-11-6-3-4-9-14(11)17-15-18-22-16(20)19(15)12-7-5-8-13(10-12)21-2/h3-10H,1-2H3,(H,17,18). The van der Waals surface area contributed by atoms with Crippen molar-refractivity contribution in [2.75, 3.05) is 12.4 Å². The SMILES string of the molecule is COc1cccc(-n2c(Nc3ccccc3C)nsc2=O)c1. The molecule has 0 saturated carbocycles. The van der Waals surface area contributed by atoms with Crippen molar-refractivity contribution in [3.8, 4) is 11.4 Å². The van der Waals surface area contributed by atoms with Crippen LogP contribution in [0.1, 0.15) is 5.56 Å². The number of methoxy groups -OCH3 is 1. The Balaban J connectivity index is 2.04. The smallest absolute Gasteiger partial charge is 0.332 e. The third-order valence-corrected chi connectivity index (χ3v) is 3.91. The van der Waals surface area contributed by atoms with E-state index in [9.17, 15) is 4.79 Å². The molecule has 2 aromatic carbocycles.